The van der Waals surface area contributed by atoms with Crippen molar-refractivity contribution in [1.29, 1.82) is 0 Å². The van der Waals surface area contributed by atoms with Crippen LogP contribution in [0.4, 0.5) is 4.39 Å². The molecule has 4 nitrogen and oxygen atoms in total. The van der Waals surface area contributed by atoms with Crippen LogP contribution >= 0.6 is 0 Å². The summed E-state index contributed by atoms with van der Waals surface area (Å²) in [4.78, 5) is 8.39. The second-order valence-electron chi connectivity index (χ2n) is 4.32. The van der Waals surface area contributed by atoms with E-state index in [0.29, 0.717) is 17.3 Å². The second-order valence-corrected chi connectivity index (χ2v) is 4.32. The maximum atomic E-state index is 13.0. The first-order valence-electron chi connectivity index (χ1n) is 6.26. The first-order chi connectivity index (χ1) is 10.2. The molecule has 0 bridgehead atoms. The van der Waals surface area contributed by atoms with Crippen LogP contribution in [0.3, 0.4) is 0 Å². The predicted octanol–water partition coefficient (Wildman–Crippen LogP) is 3.78. The molecule has 104 valence electrons. The van der Waals surface area contributed by atoms with Crippen LogP contribution in [0, 0.1) is 5.82 Å². The summed E-state index contributed by atoms with van der Waals surface area (Å²) in [7, 11) is 0. The van der Waals surface area contributed by atoms with Gasteiger partial charge in [-0.15, -0.1) is 0 Å². The van der Waals surface area contributed by atoms with E-state index in [1.807, 2.05) is 18.2 Å². The highest BCUT2D eigenvalue weighted by molar-refractivity contribution is 5.58. The lowest BCUT2D eigenvalue weighted by atomic mass is 10.2. The van der Waals surface area contributed by atoms with Gasteiger partial charge in [0.05, 0.1) is 5.69 Å². The number of aromatic nitrogens is 2. The Morgan fingerprint density at radius 3 is 2.71 bits per heavy atom. The van der Waals surface area contributed by atoms with Crippen molar-refractivity contribution in [3.63, 3.8) is 0 Å². The number of aromatic hydroxyl groups is 1. The molecule has 0 amide bonds. The highest BCUT2D eigenvalue weighted by Gasteiger charge is 2.06. The van der Waals surface area contributed by atoms with Gasteiger partial charge in [-0.25, -0.2) is 9.37 Å². The number of rotatable bonds is 3. The van der Waals surface area contributed by atoms with E-state index in [-0.39, 0.29) is 0 Å². The van der Waals surface area contributed by atoms with Gasteiger partial charge in [0.1, 0.15) is 5.75 Å². The van der Waals surface area contributed by atoms with Gasteiger partial charge in [0.2, 0.25) is 5.88 Å². The first-order valence-corrected chi connectivity index (χ1v) is 6.26. The molecule has 0 saturated heterocycles. The molecule has 5 heteroatoms. The Labute approximate surface area is 120 Å². The van der Waals surface area contributed by atoms with E-state index in [4.69, 9.17) is 4.74 Å². The van der Waals surface area contributed by atoms with Gasteiger partial charge in [-0.2, -0.15) is 0 Å². The summed E-state index contributed by atoms with van der Waals surface area (Å²) >= 11 is 0. The molecule has 3 rings (SSSR count). The molecular formula is C16H11FN2O2. The summed E-state index contributed by atoms with van der Waals surface area (Å²) in [5, 5.41) is 9.33. The minimum atomic E-state index is -0.695. The maximum absolute atomic E-state index is 13.0. The number of phenols is 1. The topological polar surface area (TPSA) is 55.2 Å². The van der Waals surface area contributed by atoms with E-state index >= 15 is 0 Å². The fourth-order valence-corrected chi connectivity index (χ4v) is 1.82. The van der Waals surface area contributed by atoms with Gasteiger partial charge >= 0.3 is 0 Å². The summed E-state index contributed by atoms with van der Waals surface area (Å²) in [6.07, 6.45) is 3.39. The quantitative estimate of drug-likeness (QED) is 0.794. The van der Waals surface area contributed by atoms with Crippen LogP contribution in [0.25, 0.3) is 11.3 Å². The molecule has 0 unspecified atom stereocenters. The monoisotopic (exact) mass is 282 g/mol. The lowest BCUT2D eigenvalue weighted by Gasteiger charge is -2.07. The molecule has 2 heterocycles. The number of nitrogens with zero attached hydrogens (tertiary/aromatic N) is 2. The Balaban J connectivity index is 1.88. The molecule has 0 aliphatic carbocycles. The van der Waals surface area contributed by atoms with E-state index in [9.17, 15) is 9.50 Å². The largest absolute Gasteiger partial charge is 0.505 e. The average molecular weight is 282 g/mol. The van der Waals surface area contributed by atoms with Crippen molar-refractivity contribution >= 4 is 0 Å². The first kappa shape index (κ1) is 13.1. The van der Waals surface area contributed by atoms with Crippen molar-refractivity contribution in [3.8, 4) is 28.6 Å². The zero-order valence-corrected chi connectivity index (χ0v) is 10.9. The van der Waals surface area contributed by atoms with E-state index < -0.39 is 11.6 Å². The molecule has 0 radical (unpaired) electrons. The molecule has 21 heavy (non-hydrogen) atoms. The smallest absolute Gasteiger partial charge is 0.219 e. The third-order valence-electron chi connectivity index (χ3n) is 2.82. The molecule has 3 aromatic rings. The number of pyridine rings is 2. The summed E-state index contributed by atoms with van der Waals surface area (Å²) < 4.78 is 18.5. The predicted molar refractivity (Wildman–Crippen MR) is 75.6 cm³/mol. The summed E-state index contributed by atoms with van der Waals surface area (Å²) in [6.45, 7) is 0. The van der Waals surface area contributed by atoms with Crippen LogP contribution in [-0.2, 0) is 0 Å². The van der Waals surface area contributed by atoms with Gasteiger partial charge < -0.3 is 9.84 Å². The summed E-state index contributed by atoms with van der Waals surface area (Å²) in [6, 6.07) is 12.8. The molecule has 0 aliphatic heterocycles. The van der Waals surface area contributed by atoms with E-state index in [1.165, 1.54) is 12.1 Å². The average Bonchev–Trinajstić information content (AvgIpc) is 2.52. The lowest BCUT2D eigenvalue weighted by molar-refractivity contribution is 0.418. The molecule has 0 saturated carbocycles. The molecule has 0 atom stereocenters. The normalized spacial score (nSPS) is 10.3. The van der Waals surface area contributed by atoms with E-state index in [1.54, 1.807) is 24.5 Å². The maximum Gasteiger partial charge on any atom is 0.219 e. The Morgan fingerprint density at radius 1 is 1.05 bits per heavy atom. The van der Waals surface area contributed by atoms with Crippen molar-refractivity contribution in [1.82, 2.24) is 9.97 Å². The Kier molecular flexibility index (Phi) is 3.47. The number of ether oxygens (including phenoxy) is 1. The summed E-state index contributed by atoms with van der Waals surface area (Å²) in [5.41, 5.74) is 1.58. The Morgan fingerprint density at radius 2 is 1.95 bits per heavy atom. The molecule has 1 N–H and O–H groups in total. The molecule has 0 fully saturated rings. The van der Waals surface area contributed by atoms with Crippen LogP contribution in [0.2, 0.25) is 0 Å². The number of hydrogen-bond donors (Lipinski definition) is 1. The van der Waals surface area contributed by atoms with Gasteiger partial charge in [-0.1, -0.05) is 6.07 Å². The SMILES string of the molecule is Oc1cc(Oc2cccc(-c3cccnc3)n2)ccc1F. The lowest BCUT2D eigenvalue weighted by Crippen LogP contribution is -1.91. The van der Waals surface area contributed by atoms with Gasteiger partial charge in [-0.3, -0.25) is 4.98 Å². The van der Waals surface area contributed by atoms with Crippen LogP contribution in [0.5, 0.6) is 17.4 Å². The van der Waals surface area contributed by atoms with Gasteiger partial charge in [0.25, 0.3) is 0 Å². The van der Waals surface area contributed by atoms with Crippen LogP contribution in [-0.4, -0.2) is 15.1 Å². The van der Waals surface area contributed by atoms with E-state index in [0.717, 1.165) is 11.6 Å². The number of benzene rings is 1. The van der Waals surface area contributed by atoms with Crippen molar-refractivity contribution in [2.45, 2.75) is 0 Å². The van der Waals surface area contributed by atoms with Gasteiger partial charge in [-0.05, 0) is 30.3 Å². The number of hydrogen-bond acceptors (Lipinski definition) is 4. The zero-order valence-electron chi connectivity index (χ0n) is 10.9. The minimum absolute atomic E-state index is 0.310. The third-order valence-corrected chi connectivity index (χ3v) is 2.82. The molecular weight excluding hydrogens is 271 g/mol. The third kappa shape index (κ3) is 2.97. The standard InChI is InChI=1S/C16H11FN2O2/c17-13-7-6-12(9-15(13)20)21-16-5-1-4-14(19-16)11-3-2-8-18-10-11/h1-10,20H. The van der Waals surface area contributed by atoms with Crippen molar-refractivity contribution in [3.05, 3.63) is 66.7 Å². The van der Waals surface area contributed by atoms with E-state index in [2.05, 4.69) is 9.97 Å². The minimum Gasteiger partial charge on any atom is -0.505 e. The number of phenolic OH excluding ortho intramolecular Hbond substituents is 1. The Hall–Kier alpha value is -2.95. The molecule has 0 spiro atoms. The Bertz CT molecular complexity index is 763. The van der Waals surface area contributed by atoms with Crippen LogP contribution in [0.15, 0.2) is 60.9 Å². The zero-order chi connectivity index (χ0) is 14.7. The number of halogens is 1. The highest BCUT2D eigenvalue weighted by Crippen LogP contribution is 2.27. The van der Waals surface area contributed by atoms with Crippen molar-refractivity contribution in [2.24, 2.45) is 0 Å². The highest BCUT2D eigenvalue weighted by atomic mass is 19.1. The fourth-order valence-electron chi connectivity index (χ4n) is 1.82. The van der Waals surface area contributed by atoms with Crippen molar-refractivity contribution < 1.29 is 14.2 Å². The molecule has 2 aromatic heterocycles. The summed E-state index contributed by atoms with van der Waals surface area (Å²) in [5.74, 6) is -0.498. The van der Waals surface area contributed by atoms with Crippen LogP contribution in [0.1, 0.15) is 0 Å². The molecule has 0 aliphatic rings. The van der Waals surface area contributed by atoms with Crippen molar-refractivity contribution in [2.75, 3.05) is 0 Å². The van der Waals surface area contributed by atoms with Gasteiger partial charge in [0, 0.05) is 30.1 Å². The molecule has 1 aromatic carbocycles. The fraction of sp³-hybridized carbons (Fsp3) is 0. The second kappa shape index (κ2) is 5.58. The van der Waals surface area contributed by atoms with Crippen LogP contribution < -0.4 is 4.74 Å². The van der Waals surface area contributed by atoms with Gasteiger partial charge in [0.15, 0.2) is 11.6 Å².